The molecule has 0 unspecified atom stereocenters. The molecule has 1 N–H and O–H groups in total. The van der Waals surface area contributed by atoms with Gasteiger partial charge in [-0.15, -0.1) is 0 Å². The van der Waals surface area contributed by atoms with Crippen LogP contribution in [-0.4, -0.2) is 17.1 Å². The average Bonchev–Trinajstić information content (AvgIpc) is 2.62. The first kappa shape index (κ1) is 18.1. The summed E-state index contributed by atoms with van der Waals surface area (Å²) in [5.41, 5.74) is -0.262. The molecule has 0 aliphatic carbocycles. The average molecular weight is 377 g/mol. The number of methoxy groups -OCH3 is 1. The van der Waals surface area contributed by atoms with E-state index in [1.165, 1.54) is 7.11 Å². The van der Waals surface area contributed by atoms with Crippen molar-refractivity contribution in [1.29, 1.82) is 0 Å². The predicted molar refractivity (Wildman–Crippen MR) is 93.9 cm³/mol. The van der Waals surface area contributed by atoms with Crippen molar-refractivity contribution in [3.8, 4) is 5.75 Å². The fourth-order valence-corrected chi connectivity index (χ4v) is 3.06. The molecule has 2 aromatic carbocycles. The molecule has 3 aromatic rings. The SMILES string of the molecule is COc1cccc(Nc2ncc(C(F)(F)F)c(Sc3ccccc3)n2)c1. The zero-order valence-corrected chi connectivity index (χ0v) is 14.4. The van der Waals surface area contributed by atoms with Crippen LogP contribution in [0.25, 0.3) is 0 Å². The lowest BCUT2D eigenvalue weighted by Crippen LogP contribution is -2.10. The van der Waals surface area contributed by atoms with Gasteiger partial charge in [0.2, 0.25) is 5.95 Å². The summed E-state index contributed by atoms with van der Waals surface area (Å²) in [5, 5.41) is 2.74. The molecule has 4 nitrogen and oxygen atoms in total. The Kier molecular flexibility index (Phi) is 5.32. The van der Waals surface area contributed by atoms with Crippen molar-refractivity contribution in [3.63, 3.8) is 0 Å². The number of alkyl halides is 3. The molecule has 26 heavy (non-hydrogen) atoms. The van der Waals surface area contributed by atoms with Gasteiger partial charge >= 0.3 is 6.18 Å². The Morgan fingerprint density at radius 3 is 2.50 bits per heavy atom. The fourth-order valence-electron chi connectivity index (χ4n) is 2.13. The second-order valence-corrected chi connectivity index (χ2v) is 6.24. The highest BCUT2D eigenvalue weighted by molar-refractivity contribution is 7.99. The third-order valence-corrected chi connectivity index (χ3v) is 4.36. The molecule has 0 atom stereocenters. The van der Waals surface area contributed by atoms with Gasteiger partial charge in [-0.2, -0.15) is 13.2 Å². The van der Waals surface area contributed by atoms with E-state index in [9.17, 15) is 13.2 Å². The summed E-state index contributed by atoms with van der Waals surface area (Å²) in [6.07, 6.45) is -3.74. The summed E-state index contributed by atoms with van der Waals surface area (Å²) in [6.45, 7) is 0. The molecule has 0 spiro atoms. The van der Waals surface area contributed by atoms with E-state index in [4.69, 9.17) is 4.74 Å². The number of hydrogen-bond acceptors (Lipinski definition) is 5. The molecule has 0 fully saturated rings. The molecule has 0 aliphatic rings. The molecule has 3 rings (SSSR count). The number of benzene rings is 2. The summed E-state index contributed by atoms with van der Waals surface area (Å²) in [4.78, 5) is 8.52. The molecule has 0 aliphatic heterocycles. The zero-order valence-electron chi connectivity index (χ0n) is 13.6. The van der Waals surface area contributed by atoms with Gasteiger partial charge in [0.1, 0.15) is 16.3 Å². The second-order valence-electron chi connectivity index (χ2n) is 5.18. The van der Waals surface area contributed by atoms with Gasteiger partial charge in [0.05, 0.1) is 7.11 Å². The maximum absolute atomic E-state index is 13.3. The molecule has 0 radical (unpaired) electrons. The van der Waals surface area contributed by atoms with Crippen molar-refractivity contribution in [2.24, 2.45) is 0 Å². The van der Waals surface area contributed by atoms with E-state index in [-0.39, 0.29) is 11.0 Å². The molecule has 0 saturated heterocycles. The monoisotopic (exact) mass is 377 g/mol. The van der Waals surface area contributed by atoms with Gasteiger partial charge in [-0.1, -0.05) is 36.0 Å². The Bertz CT molecular complexity index is 888. The van der Waals surface area contributed by atoms with Crippen LogP contribution in [0.15, 0.2) is 70.7 Å². The van der Waals surface area contributed by atoms with Crippen molar-refractivity contribution in [1.82, 2.24) is 9.97 Å². The zero-order chi connectivity index (χ0) is 18.6. The number of ether oxygens (including phenoxy) is 1. The van der Waals surface area contributed by atoms with Crippen LogP contribution in [0, 0.1) is 0 Å². The molecule has 0 amide bonds. The van der Waals surface area contributed by atoms with Crippen LogP contribution in [-0.2, 0) is 6.18 Å². The minimum Gasteiger partial charge on any atom is -0.497 e. The molecule has 0 saturated carbocycles. The third kappa shape index (κ3) is 4.45. The normalized spacial score (nSPS) is 11.2. The Morgan fingerprint density at radius 1 is 1.04 bits per heavy atom. The van der Waals surface area contributed by atoms with Crippen LogP contribution >= 0.6 is 11.8 Å². The van der Waals surface area contributed by atoms with Crippen LogP contribution < -0.4 is 10.1 Å². The summed E-state index contributed by atoms with van der Waals surface area (Å²) in [6, 6.07) is 15.7. The van der Waals surface area contributed by atoms with Crippen LogP contribution in [0.1, 0.15) is 5.56 Å². The largest absolute Gasteiger partial charge is 0.497 e. The minimum atomic E-state index is -4.54. The van der Waals surface area contributed by atoms with Crippen LogP contribution in [0.5, 0.6) is 5.75 Å². The van der Waals surface area contributed by atoms with Crippen molar-refractivity contribution >= 4 is 23.4 Å². The molecular formula is C18H14F3N3OS. The van der Waals surface area contributed by atoms with E-state index in [2.05, 4.69) is 15.3 Å². The van der Waals surface area contributed by atoms with E-state index in [0.29, 0.717) is 16.3 Å². The van der Waals surface area contributed by atoms with E-state index >= 15 is 0 Å². The first-order valence-corrected chi connectivity index (χ1v) is 8.35. The van der Waals surface area contributed by atoms with Crippen LogP contribution in [0.2, 0.25) is 0 Å². The summed E-state index contributed by atoms with van der Waals surface area (Å²) in [7, 11) is 1.53. The van der Waals surface area contributed by atoms with Crippen molar-refractivity contribution in [3.05, 3.63) is 66.4 Å². The quantitative estimate of drug-likeness (QED) is 0.604. The highest BCUT2D eigenvalue weighted by Crippen LogP contribution is 2.38. The molecule has 134 valence electrons. The van der Waals surface area contributed by atoms with Gasteiger partial charge in [-0.3, -0.25) is 0 Å². The van der Waals surface area contributed by atoms with E-state index in [1.807, 2.05) is 0 Å². The first-order chi connectivity index (χ1) is 12.5. The number of rotatable bonds is 5. The number of hydrogen-bond donors (Lipinski definition) is 1. The third-order valence-electron chi connectivity index (χ3n) is 3.34. The summed E-state index contributed by atoms with van der Waals surface area (Å²) >= 11 is 0.938. The maximum atomic E-state index is 13.3. The van der Waals surface area contributed by atoms with E-state index < -0.39 is 11.7 Å². The van der Waals surface area contributed by atoms with Crippen molar-refractivity contribution < 1.29 is 17.9 Å². The Balaban J connectivity index is 1.93. The Labute approximate surface area is 152 Å². The highest BCUT2D eigenvalue weighted by atomic mass is 32.2. The highest BCUT2D eigenvalue weighted by Gasteiger charge is 2.35. The minimum absolute atomic E-state index is 0.0738. The number of aromatic nitrogens is 2. The van der Waals surface area contributed by atoms with Crippen LogP contribution in [0.4, 0.5) is 24.8 Å². The summed E-state index contributed by atoms with van der Waals surface area (Å²) < 4.78 is 45.0. The smallest absolute Gasteiger partial charge is 0.420 e. The van der Waals surface area contributed by atoms with Gasteiger partial charge in [0.25, 0.3) is 0 Å². The fraction of sp³-hybridized carbons (Fsp3) is 0.111. The Morgan fingerprint density at radius 2 is 1.81 bits per heavy atom. The molecular weight excluding hydrogens is 363 g/mol. The molecule has 8 heteroatoms. The van der Waals surface area contributed by atoms with Crippen molar-refractivity contribution in [2.45, 2.75) is 16.1 Å². The lowest BCUT2D eigenvalue weighted by Gasteiger charge is -2.13. The lowest BCUT2D eigenvalue weighted by atomic mass is 10.3. The lowest BCUT2D eigenvalue weighted by molar-refractivity contribution is -0.140. The number of halogens is 3. The molecule has 1 aromatic heterocycles. The van der Waals surface area contributed by atoms with Gasteiger partial charge in [0, 0.05) is 22.8 Å². The van der Waals surface area contributed by atoms with Crippen molar-refractivity contribution in [2.75, 3.05) is 12.4 Å². The number of anilines is 2. The summed E-state index contributed by atoms with van der Waals surface area (Å²) in [5.74, 6) is 0.686. The topological polar surface area (TPSA) is 47.0 Å². The number of nitrogens with one attached hydrogen (secondary N) is 1. The standard InChI is InChI=1S/C18H14F3N3OS/c1-25-13-7-5-6-12(10-13)23-17-22-11-15(18(19,20)21)16(24-17)26-14-8-3-2-4-9-14/h2-11H,1H3,(H,22,23,24). The van der Waals surface area contributed by atoms with Gasteiger partial charge in [-0.05, 0) is 24.3 Å². The van der Waals surface area contributed by atoms with E-state index in [1.54, 1.807) is 54.6 Å². The maximum Gasteiger partial charge on any atom is 0.420 e. The molecule has 1 heterocycles. The van der Waals surface area contributed by atoms with Gasteiger partial charge in [-0.25, -0.2) is 9.97 Å². The van der Waals surface area contributed by atoms with Crippen LogP contribution in [0.3, 0.4) is 0 Å². The number of nitrogens with zero attached hydrogens (tertiary/aromatic N) is 2. The van der Waals surface area contributed by atoms with E-state index in [0.717, 1.165) is 18.0 Å². The van der Waals surface area contributed by atoms with Gasteiger partial charge < -0.3 is 10.1 Å². The second kappa shape index (κ2) is 7.65. The first-order valence-electron chi connectivity index (χ1n) is 7.54. The van der Waals surface area contributed by atoms with Gasteiger partial charge in [0.15, 0.2) is 0 Å². The Hall–Kier alpha value is -2.74. The molecule has 0 bridgehead atoms. The predicted octanol–water partition coefficient (Wildman–Crippen LogP) is 5.40.